The first-order valence-corrected chi connectivity index (χ1v) is 7.87. The predicted molar refractivity (Wildman–Crippen MR) is 80.8 cm³/mol. The second-order valence-electron chi connectivity index (χ2n) is 5.62. The zero-order chi connectivity index (χ0) is 14.5. The Morgan fingerprint density at radius 1 is 1.29 bits per heavy atom. The first-order chi connectivity index (χ1) is 10.4. The molecule has 0 amide bonds. The van der Waals surface area contributed by atoms with Crippen molar-refractivity contribution in [2.45, 2.75) is 51.0 Å². The molecule has 5 nitrogen and oxygen atoms in total. The number of hydrogen-bond donors (Lipinski definition) is 1. The SMILES string of the molecule is CCCNC1CCCCC1c1nc(-c2ccccn2)no1. The number of nitrogens with one attached hydrogen (secondary N) is 1. The Labute approximate surface area is 125 Å². The summed E-state index contributed by atoms with van der Waals surface area (Å²) in [5.41, 5.74) is 0.765. The van der Waals surface area contributed by atoms with Crippen LogP contribution in [-0.2, 0) is 0 Å². The van der Waals surface area contributed by atoms with Crippen LogP contribution in [0.25, 0.3) is 11.5 Å². The third kappa shape index (κ3) is 3.29. The lowest BCUT2D eigenvalue weighted by molar-refractivity contribution is 0.263. The van der Waals surface area contributed by atoms with Crippen molar-refractivity contribution >= 4 is 0 Å². The van der Waals surface area contributed by atoms with Gasteiger partial charge in [0, 0.05) is 12.2 Å². The van der Waals surface area contributed by atoms with E-state index < -0.39 is 0 Å². The highest BCUT2D eigenvalue weighted by atomic mass is 16.5. The normalized spacial score (nSPS) is 22.3. The summed E-state index contributed by atoms with van der Waals surface area (Å²) in [7, 11) is 0. The van der Waals surface area contributed by atoms with Gasteiger partial charge in [0.2, 0.25) is 11.7 Å². The summed E-state index contributed by atoms with van der Waals surface area (Å²) >= 11 is 0. The molecule has 1 aliphatic carbocycles. The van der Waals surface area contributed by atoms with E-state index in [2.05, 4.69) is 27.4 Å². The van der Waals surface area contributed by atoms with E-state index in [0.29, 0.717) is 17.8 Å². The van der Waals surface area contributed by atoms with Crippen molar-refractivity contribution in [3.8, 4) is 11.5 Å². The molecule has 0 radical (unpaired) electrons. The minimum atomic E-state index is 0.329. The van der Waals surface area contributed by atoms with Crippen molar-refractivity contribution in [2.75, 3.05) is 6.54 Å². The van der Waals surface area contributed by atoms with Crippen LogP contribution in [-0.4, -0.2) is 27.7 Å². The first kappa shape index (κ1) is 14.2. The molecule has 2 atom stereocenters. The molecule has 1 fully saturated rings. The van der Waals surface area contributed by atoms with Crippen molar-refractivity contribution in [1.29, 1.82) is 0 Å². The van der Waals surface area contributed by atoms with Gasteiger partial charge in [0.05, 0.1) is 5.92 Å². The zero-order valence-corrected chi connectivity index (χ0v) is 12.5. The lowest BCUT2D eigenvalue weighted by Crippen LogP contribution is -2.37. The summed E-state index contributed by atoms with van der Waals surface area (Å²) in [5.74, 6) is 1.67. The molecule has 1 N–H and O–H groups in total. The highest BCUT2D eigenvalue weighted by Crippen LogP contribution is 2.33. The smallest absolute Gasteiger partial charge is 0.231 e. The molecule has 2 unspecified atom stereocenters. The third-order valence-electron chi connectivity index (χ3n) is 4.08. The fourth-order valence-electron chi connectivity index (χ4n) is 2.99. The lowest BCUT2D eigenvalue weighted by Gasteiger charge is -2.29. The Hall–Kier alpha value is -1.75. The predicted octanol–water partition coefficient (Wildman–Crippen LogP) is 3.16. The van der Waals surface area contributed by atoms with Crippen LogP contribution < -0.4 is 5.32 Å². The molecule has 21 heavy (non-hydrogen) atoms. The Balaban J connectivity index is 1.77. The summed E-state index contributed by atoms with van der Waals surface area (Å²) in [6, 6.07) is 6.18. The summed E-state index contributed by atoms with van der Waals surface area (Å²) < 4.78 is 5.53. The first-order valence-electron chi connectivity index (χ1n) is 7.87. The van der Waals surface area contributed by atoms with Crippen LogP contribution in [0.4, 0.5) is 0 Å². The summed E-state index contributed by atoms with van der Waals surface area (Å²) in [4.78, 5) is 8.86. The second kappa shape index (κ2) is 6.80. The number of aromatic nitrogens is 3. The summed E-state index contributed by atoms with van der Waals surface area (Å²) in [5, 5.41) is 7.73. The van der Waals surface area contributed by atoms with Gasteiger partial charge < -0.3 is 9.84 Å². The maximum Gasteiger partial charge on any atom is 0.231 e. The fourth-order valence-corrected chi connectivity index (χ4v) is 2.99. The highest BCUT2D eigenvalue weighted by molar-refractivity contribution is 5.47. The summed E-state index contributed by atoms with van der Waals surface area (Å²) in [6.45, 7) is 3.24. The van der Waals surface area contributed by atoms with Crippen molar-refractivity contribution in [3.05, 3.63) is 30.3 Å². The van der Waals surface area contributed by atoms with Crippen LogP contribution in [0, 0.1) is 0 Å². The van der Waals surface area contributed by atoms with Crippen LogP contribution in [0.3, 0.4) is 0 Å². The van der Waals surface area contributed by atoms with Gasteiger partial charge in [-0.2, -0.15) is 4.98 Å². The lowest BCUT2D eigenvalue weighted by atomic mass is 9.84. The molecule has 1 aliphatic rings. The largest absolute Gasteiger partial charge is 0.339 e. The van der Waals surface area contributed by atoms with Crippen LogP contribution >= 0.6 is 0 Å². The zero-order valence-electron chi connectivity index (χ0n) is 12.5. The molecule has 0 saturated heterocycles. The van der Waals surface area contributed by atoms with E-state index in [-0.39, 0.29) is 0 Å². The topological polar surface area (TPSA) is 63.8 Å². The van der Waals surface area contributed by atoms with E-state index >= 15 is 0 Å². The second-order valence-corrected chi connectivity index (χ2v) is 5.62. The van der Waals surface area contributed by atoms with E-state index in [4.69, 9.17) is 4.52 Å². The highest BCUT2D eigenvalue weighted by Gasteiger charge is 2.30. The van der Waals surface area contributed by atoms with Gasteiger partial charge in [0.25, 0.3) is 0 Å². The molecule has 0 aromatic carbocycles. The van der Waals surface area contributed by atoms with Gasteiger partial charge >= 0.3 is 0 Å². The fraction of sp³-hybridized carbons (Fsp3) is 0.562. The average Bonchev–Trinajstić information content (AvgIpc) is 3.04. The number of nitrogens with zero attached hydrogens (tertiary/aromatic N) is 3. The number of pyridine rings is 1. The molecule has 0 bridgehead atoms. The molecule has 2 heterocycles. The van der Waals surface area contributed by atoms with E-state index in [1.54, 1.807) is 6.20 Å². The van der Waals surface area contributed by atoms with E-state index in [0.717, 1.165) is 31.0 Å². The Bertz CT molecular complexity index is 554. The van der Waals surface area contributed by atoms with Crippen LogP contribution in [0.2, 0.25) is 0 Å². The van der Waals surface area contributed by atoms with Crippen LogP contribution in [0.5, 0.6) is 0 Å². The Morgan fingerprint density at radius 2 is 2.19 bits per heavy atom. The van der Waals surface area contributed by atoms with Crippen molar-refractivity contribution in [2.24, 2.45) is 0 Å². The number of hydrogen-bond acceptors (Lipinski definition) is 5. The van der Waals surface area contributed by atoms with E-state index in [9.17, 15) is 0 Å². The monoisotopic (exact) mass is 286 g/mol. The van der Waals surface area contributed by atoms with Gasteiger partial charge in [-0.1, -0.05) is 31.0 Å². The van der Waals surface area contributed by atoms with E-state index in [1.165, 1.54) is 19.3 Å². The molecule has 5 heteroatoms. The maximum atomic E-state index is 5.53. The molecular weight excluding hydrogens is 264 g/mol. The molecule has 0 spiro atoms. The third-order valence-corrected chi connectivity index (χ3v) is 4.08. The minimum absolute atomic E-state index is 0.329. The molecule has 2 aromatic rings. The van der Waals surface area contributed by atoms with Crippen LogP contribution in [0.15, 0.2) is 28.9 Å². The molecular formula is C16H22N4O. The molecule has 112 valence electrons. The van der Waals surface area contributed by atoms with E-state index in [1.807, 2.05) is 18.2 Å². The average molecular weight is 286 g/mol. The van der Waals surface area contributed by atoms with Gasteiger partial charge in [0.1, 0.15) is 5.69 Å². The summed E-state index contributed by atoms with van der Waals surface area (Å²) in [6.07, 6.45) is 7.70. The minimum Gasteiger partial charge on any atom is -0.339 e. The van der Waals surface area contributed by atoms with Gasteiger partial charge in [-0.05, 0) is 37.9 Å². The Kier molecular flexibility index (Phi) is 4.60. The van der Waals surface area contributed by atoms with Crippen molar-refractivity contribution in [1.82, 2.24) is 20.4 Å². The Morgan fingerprint density at radius 3 is 3.00 bits per heavy atom. The van der Waals surface area contributed by atoms with Gasteiger partial charge in [0.15, 0.2) is 0 Å². The van der Waals surface area contributed by atoms with Crippen LogP contribution in [0.1, 0.15) is 50.8 Å². The molecule has 2 aromatic heterocycles. The van der Waals surface area contributed by atoms with Crippen molar-refractivity contribution < 1.29 is 4.52 Å². The molecule has 0 aliphatic heterocycles. The van der Waals surface area contributed by atoms with Gasteiger partial charge in [-0.25, -0.2) is 0 Å². The molecule has 3 rings (SSSR count). The quantitative estimate of drug-likeness (QED) is 0.914. The van der Waals surface area contributed by atoms with Gasteiger partial charge in [-0.15, -0.1) is 0 Å². The standard InChI is InChI=1S/C16H22N4O/c1-2-10-17-13-8-4-3-7-12(13)16-19-15(20-21-16)14-9-5-6-11-18-14/h5-6,9,11-13,17H,2-4,7-8,10H2,1H3. The maximum absolute atomic E-state index is 5.53. The number of rotatable bonds is 5. The van der Waals surface area contributed by atoms with Gasteiger partial charge in [-0.3, -0.25) is 4.98 Å². The molecule has 1 saturated carbocycles. The van der Waals surface area contributed by atoms with Crippen molar-refractivity contribution in [3.63, 3.8) is 0 Å².